The van der Waals surface area contributed by atoms with Crippen molar-refractivity contribution in [2.45, 2.75) is 20.3 Å². The molecule has 0 unspecified atom stereocenters. The van der Waals surface area contributed by atoms with Gasteiger partial charge in [-0.05, 0) is 19.4 Å². The highest BCUT2D eigenvalue weighted by Gasteiger charge is 2.22. The number of nitrogens with zero attached hydrogens (tertiary/aromatic N) is 1. The summed E-state index contributed by atoms with van der Waals surface area (Å²) in [4.78, 5) is 25.0. The molecule has 0 aliphatic carbocycles. The Morgan fingerprint density at radius 1 is 1.24 bits per heavy atom. The third-order valence-corrected chi connectivity index (χ3v) is 2.73. The van der Waals surface area contributed by atoms with Gasteiger partial charge in [-0.25, -0.2) is 8.78 Å². The van der Waals surface area contributed by atoms with Crippen molar-refractivity contribution < 1.29 is 23.1 Å². The fraction of sp³-hybridized carbons (Fsp3) is 0.429. The summed E-state index contributed by atoms with van der Waals surface area (Å²) in [7, 11) is 0. The zero-order valence-electron chi connectivity index (χ0n) is 12.0. The lowest BCUT2D eigenvalue weighted by Gasteiger charge is -2.21. The highest BCUT2D eigenvalue weighted by atomic mass is 19.2. The van der Waals surface area contributed by atoms with Gasteiger partial charge < -0.3 is 15.4 Å². The Labute approximate surface area is 121 Å². The van der Waals surface area contributed by atoms with Crippen molar-refractivity contribution in [3.8, 4) is 0 Å². The fourth-order valence-corrected chi connectivity index (χ4v) is 1.80. The fourth-order valence-electron chi connectivity index (χ4n) is 1.80. The van der Waals surface area contributed by atoms with Gasteiger partial charge in [-0.2, -0.15) is 0 Å². The number of carbonyl (C=O) groups is 2. The molecule has 0 radical (unpaired) electrons. The molecule has 116 valence electrons. The largest absolute Gasteiger partial charge is 0.465 e. The first kappa shape index (κ1) is 16.9. The van der Waals surface area contributed by atoms with Crippen LogP contribution in [-0.4, -0.2) is 36.5 Å². The minimum atomic E-state index is -1.17. The normalized spacial score (nSPS) is 10.3. The molecule has 0 atom stereocenters. The van der Waals surface area contributed by atoms with E-state index in [4.69, 9.17) is 10.5 Å². The minimum Gasteiger partial charge on any atom is -0.465 e. The van der Waals surface area contributed by atoms with Crippen molar-refractivity contribution in [3.05, 3.63) is 29.3 Å². The molecule has 7 heteroatoms. The van der Waals surface area contributed by atoms with E-state index in [1.807, 2.05) is 6.92 Å². The standard InChI is InChI=1S/C14H18F2N2O3/c1-3-5-18(8-13(19)21-4-2)14(20)9-6-10(15)11(16)7-12(9)17/h6-7H,3-5,8,17H2,1-2H3. The average molecular weight is 300 g/mol. The smallest absolute Gasteiger partial charge is 0.325 e. The molecule has 0 aliphatic heterocycles. The number of anilines is 1. The second kappa shape index (κ2) is 7.56. The van der Waals surface area contributed by atoms with Crippen molar-refractivity contribution >= 4 is 17.6 Å². The van der Waals surface area contributed by atoms with E-state index in [9.17, 15) is 18.4 Å². The maximum atomic E-state index is 13.3. The number of rotatable bonds is 6. The van der Waals surface area contributed by atoms with E-state index in [2.05, 4.69) is 0 Å². The van der Waals surface area contributed by atoms with E-state index in [0.717, 1.165) is 12.1 Å². The Morgan fingerprint density at radius 2 is 1.86 bits per heavy atom. The summed E-state index contributed by atoms with van der Waals surface area (Å²) in [6.07, 6.45) is 0.592. The summed E-state index contributed by atoms with van der Waals surface area (Å²) in [5.74, 6) is -3.50. The monoisotopic (exact) mass is 300 g/mol. The predicted molar refractivity (Wildman–Crippen MR) is 73.6 cm³/mol. The number of benzene rings is 1. The molecule has 1 aromatic carbocycles. The van der Waals surface area contributed by atoms with Crippen LogP contribution >= 0.6 is 0 Å². The van der Waals surface area contributed by atoms with Gasteiger partial charge in [-0.3, -0.25) is 9.59 Å². The van der Waals surface area contributed by atoms with Crippen LogP contribution in [-0.2, 0) is 9.53 Å². The molecule has 5 nitrogen and oxygen atoms in total. The van der Waals surface area contributed by atoms with Crippen LogP contribution in [0.5, 0.6) is 0 Å². The van der Waals surface area contributed by atoms with Crippen molar-refractivity contribution in [2.24, 2.45) is 0 Å². The van der Waals surface area contributed by atoms with Gasteiger partial charge in [-0.1, -0.05) is 6.92 Å². The minimum absolute atomic E-state index is 0.174. The Kier molecular flexibility index (Phi) is 6.08. The van der Waals surface area contributed by atoms with E-state index < -0.39 is 23.5 Å². The van der Waals surface area contributed by atoms with Crippen LogP contribution in [0.4, 0.5) is 14.5 Å². The summed E-state index contributed by atoms with van der Waals surface area (Å²) in [5, 5.41) is 0. The van der Waals surface area contributed by atoms with Crippen LogP contribution in [0.15, 0.2) is 12.1 Å². The molecule has 0 spiro atoms. The molecular formula is C14H18F2N2O3. The van der Waals surface area contributed by atoms with Gasteiger partial charge in [0.05, 0.1) is 12.2 Å². The molecule has 1 rings (SSSR count). The lowest BCUT2D eigenvalue weighted by molar-refractivity contribution is -0.143. The molecule has 21 heavy (non-hydrogen) atoms. The molecule has 0 saturated heterocycles. The summed E-state index contributed by atoms with van der Waals surface area (Å²) in [6.45, 7) is 3.67. The number of hydrogen-bond donors (Lipinski definition) is 1. The zero-order chi connectivity index (χ0) is 16.0. The number of ether oxygens (including phenoxy) is 1. The third kappa shape index (κ3) is 4.40. The molecule has 0 bridgehead atoms. The molecule has 0 heterocycles. The molecule has 0 aliphatic rings. The van der Waals surface area contributed by atoms with Crippen LogP contribution in [0.25, 0.3) is 0 Å². The van der Waals surface area contributed by atoms with Gasteiger partial charge in [0.25, 0.3) is 5.91 Å². The number of nitrogens with two attached hydrogens (primary N) is 1. The van der Waals surface area contributed by atoms with Gasteiger partial charge in [0.1, 0.15) is 6.54 Å². The number of halogens is 2. The number of nitrogen functional groups attached to an aromatic ring is 1. The molecule has 2 N–H and O–H groups in total. The Bertz CT molecular complexity index is 535. The van der Waals surface area contributed by atoms with Gasteiger partial charge in [-0.15, -0.1) is 0 Å². The quantitative estimate of drug-likeness (QED) is 0.644. The van der Waals surface area contributed by atoms with Crippen molar-refractivity contribution in [1.82, 2.24) is 4.90 Å². The Balaban J connectivity index is 3.00. The summed E-state index contributed by atoms with van der Waals surface area (Å²) in [6, 6.07) is 1.48. The summed E-state index contributed by atoms with van der Waals surface area (Å²) >= 11 is 0. The lowest BCUT2D eigenvalue weighted by atomic mass is 10.1. The Morgan fingerprint density at radius 3 is 2.43 bits per heavy atom. The molecule has 1 amide bonds. The Hall–Kier alpha value is -2.18. The third-order valence-electron chi connectivity index (χ3n) is 2.73. The van der Waals surface area contributed by atoms with Crippen LogP contribution < -0.4 is 5.73 Å². The van der Waals surface area contributed by atoms with E-state index in [-0.39, 0.29) is 30.9 Å². The SMILES string of the molecule is CCCN(CC(=O)OCC)C(=O)c1cc(F)c(F)cc1N. The molecule has 1 aromatic rings. The second-order valence-electron chi connectivity index (χ2n) is 4.39. The van der Waals surface area contributed by atoms with Gasteiger partial charge in [0.2, 0.25) is 0 Å². The van der Waals surface area contributed by atoms with E-state index in [1.165, 1.54) is 4.90 Å². The van der Waals surface area contributed by atoms with Crippen molar-refractivity contribution in [3.63, 3.8) is 0 Å². The molecule has 0 saturated carbocycles. The zero-order valence-corrected chi connectivity index (χ0v) is 12.0. The number of hydrogen-bond acceptors (Lipinski definition) is 4. The second-order valence-corrected chi connectivity index (χ2v) is 4.39. The maximum Gasteiger partial charge on any atom is 0.325 e. The topological polar surface area (TPSA) is 72.6 Å². The first-order chi connectivity index (χ1) is 9.90. The number of carbonyl (C=O) groups excluding carboxylic acids is 2. The predicted octanol–water partition coefficient (Wildman–Crippen LogP) is 1.96. The van der Waals surface area contributed by atoms with E-state index >= 15 is 0 Å². The highest BCUT2D eigenvalue weighted by Crippen LogP contribution is 2.19. The van der Waals surface area contributed by atoms with Gasteiger partial charge in [0.15, 0.2) is 11.6 Å². The highest BCUT2D eigenvalue weighted by molar-refractivity contribution is 6.00. The summed E-state index contributed by atoms with van der Waals surface area (Å²) < 4.78 is 31.1. The average Bonchev–Trinajstić information content (AvgIpc) is 2.42. The van der Waals surface area contributed by atoms with Crippen LogP contribution in [0.1, 0.15) is 30.6 Å². The van der Waals surface area contributed by atoms with Crippen LogP contribution in [0.3, 0.4) is 0 Å². The first-order valence-electron chi connectivity index (χ1n) is 6.60. The van der Waals surface area contributed by atoms with Crippen molar-refractivity contribution in [1.29, 1.82) is 0 Å². The maximum absolute atomic E-state index is 13.3. The first-order valence-corrected chi connectivity index (χ1v) is 6.60. The van der Waals surface area contributed by atoms with Crippen LogP contribution in [0, 0.1) is 11.6 Å². The number of amides is 1. The number of esters is 1. The lowest BCUT2D eigenvalue weighted by Crippen LogP contribution is -2.37. The molecule has 0 fully saturated rings. The van der Waals surface area contributed by atoms with Crippen molar-refractivity contribution in [2.75, 3.05) is 25.4 Å². The van der Waals surface area contributed by atoms with E-state index in [1.54, 1.807) is 6.92 Å². The molecular weight excluding hydrogens is 282 g/mol. The summed E-state index contributed by atoms with van der Waals surface area (Å²) in [5.41, 5.74) is 5.19. The molecule has 0 aromatic heterocycles. The van der Waals surface area contributed by atoms with E-state index in [0.29, 0.717) is 6.42 Å². The van der Waals surface area contributed by atoms with Gasteiger partial charge in [0, 0.05) is 18.3 Å². The van der Waals surface area contributed by atoms with Gasteiger partial charge >= 0.3 is 5.97 Å². The van der Waals surface area contributed by atoms with Crippen LogP contribution in [0.2, 0.25) is 0 Å².